The summed E-state index contributed by atoms with van der Waals surface area (Å²) in [4.78, 5) is 0. The van der Waals surface area contributed by atoms with Crippen molar-refractivity contribution in [2.75, 3.05) is 24.0 Å². The van der Waals surface area contributed by atoms with E-state index < -0.39 is 0 Å². The molecule has 0 aliphatic heterocycles. The molecule has 0 saturated carbocycles. The number of unbranched alkanes of at least 4 members (excludes halogenated alkanes) is 2. The van der Waals surface area contributed by atoms with Crippen LogP contribution in [-0.2, 0) is 0 Å². The maximum absolute atomic E-state index is 6.01. The van der Waals surface area contributed by atoms with Gasteiger partial charge < -0.3 is 0 Å². The molecule has 19 heavy (non-hydrogen) atoms. The van der Waals surface area contributed by atoms with Crippen molar-refractivity contribution in [1.29, 1.82) is 0 Å². The van der Waals surface area contributed by atoms with Crippen molar-refractivity contribution in [3.8, 4) is 0 Å². The first-order valence-corrected chi connectivity index (χ1v) is 10.2. The van der Waals surface area contributed by atoms with Crippen LogP contribution in [0.3, 0.4) is 0 Å². The van der Waals surface area contributed by atoms with Crippen LogP contribution >= 0.6 is 23.5 Å². The highest BCUT2D eigenvalue weighted by molar-refractivity contribution is 7.98. The van der Waals surface area contributed by atoms with Crippen LogP contribution in [0.25, 0.3) is 0 Å². The summed E-state index contributed by atoms with van der Waals surface area (Å²) < 4.78 is 0. The van der Waals surface area contributed by atoms with E-state index in [9.17, 15) is 0 Å². The Morgan fingerprint density at radius 1 is 0.632 bits per heavy atom. The summed E-state index contributed by atoms with van der Waals surface area (Å²) in [5.41, 5.74) is 2.37. The normalized spacial score (nSPS) is 10.6. The molecule has 0 aromatic heterocycles. The summed E-state index contributed by atoms with van der Waals surface area (Å²) in [5.74, 6) is 2.45. The van der Waals surface area contributed by atoms with Crippen LogP contribution in [-0.4, -0.2) is 35.4 Å². The first kappa shape index (κ1) is 19.0. The van der Waals surface area contributed by atoms with E-state index in [1.165, 1.54) is 55.0 Å². The van der Waals surface area contributed by atoms with E-state index in [2.05, 4.69) is 12.5 Å². The van der Waals surface area contributed by atoms with Gasteiger partial charge in [-0.3, -0.25) is 10.8 Å². The number of rotatable bonds is 14. The molecule has 0 aliphatic rings. The molecule has 0 spiro atoms. The third-order valence-electron chi connectivity index (χ3n) is 3.19. The zero-order chi connectivity index (χ0) is 14.3. The van der Waals surface area contributed by atoms with Crippen LogP contribution in [0, 0.1) is 0 Å². The number of hydrogen-bond acceptors (Lipinski definition) is 2. The third kappa shape index (κ3) is 14.3. The summed E-state index contributed by atoms with van der Waals surface area (Å²) in [6.45, 7) is 0. The van der Waals surface area contributed by atoms with Gasteiger partial charge in [0.05, 0.1) is 0 Å². The molecule has 0 aromatic carbocycles. The lowest BCUT2D eigenvalue weighted by Gasteiger charge is -2.01. The molecule has 0 radical (unpaired) electrons. The van der Waals surface area contributed by atoms with Gasteiger partial charge in [-0.25, -0.2) is 0 Å². The highest BCUT2D eigenvalue weighted by atomic mass is 32.2. The fourth-order valence-corrected chi connectivity index (χ4v) is 2.88. The van der Waals surface area contributed by atoms with Gasteiger partial charge in [0.25, 0.3) is 0 Å². The van der Waals surface area contributed by atoms with E-state index in [0.29, 0.717) is 0 Å². The Balaban J connectivity index is 3.29. The maximum Gasteiger partial charge on any atom is 0.149 e. The molecule has 4 heteroatoms. The SMILES string of the molecule is CSCCCC(=[NH2+])CCCCCC(=[NH2+])CCCSC. The van der Waals surface area contributed by atoms with Crippen LogP contribution < -0.4 is 10.8 Å². The first-order valence-electron chi connectivity index (χ1n) is 7.39. The zero-order valence-corrected chi connectivity index (χ0v) is 14.4. The van der Waals surface area contributed by atoms with E-state index in [-0.39, 0.29) is 0 Å². The van der Waals surface area contributed by atoms with Gasteiger partial charge in [0.2, 0.25) is 0 Å². The van der Waals surface area contributed by atoms with Crippen LogP contribution in [0.4, 0.5) is 0 Å². The van der Waals surface area contributed by atoms with Crippen LogP contribution in [0.1, 0.15) is 57.8 Å². The monoisotopic (exact) mass is 304 g/mol. The van der Waals surface area contributed by atoms with Crippen LogP contribution in [0.2, 0.25) is 0 Å². The minimum absolute atomic E-state index is 1.10. The maximum atomic E-state index is 6.01. The predicted molar refractivity (Wildman–Crippen MR) is 92.2 cm³/mol. The molecular formula is C15H32N2S2+2. The summed E-state index contributed by atoms with van der Waals surface area (Å²) in [7, 11) is 0. The zero-order valence-electron chi connectivity index (χ0n) is 12.7. The third-order valence-corrected chi connectivity index (χ3v) is 4.58. The molecule has 4 N–H and O–H groups in total. The second kappa shape index (κ2) is 14.4. The molecule has 0 bridgehead atoms. The largest absolute Gasteiger partial charge is 0.261 e. The Kier molecular flexibility index (Phi) is 14.5. The van der Waals surface area contributed by atoms with Crippen molar-refractivity contribution in [3.05, 3.63) is 0 Å². The standard InChI is InChI=1S/C15H30N2S2/c1-18-12-6-10-14(16)8-4-3-5-9-15(17)11-7-13-19-2/h16-17H,3-13H2,1-2H3/p+2. The summed E-state index contributed by atoms with van der Waals surface area (Å²) in [6.07, 6.45) is 14.9. The lowest BCUT2D eigenvalue weighted by atomic mass is 10.0. The van der Waals surface area contributed by atoms with Crippen molar-refractivity contribution in [3.63, 3.8) is 0 Å². The lowest BCUT2D eigenvalue weighted by molar-refractivity contribution is -0.119. The smallest absolute Gasteiger partial charge is 0.149 e. The molecule has 0 aliphatic carbocycles. The van der Waals surface area contributed by atoms with Gasteiger partial charge in [-0.1, -0.05) is 6.42 Å². The van der Waals surface area contributed by atoms with Gasteiger partial charge in [-0.2, -0.15) is 23.5 Å². The van der Waals surface area contributed by atoms with Gasteiger partial charge in [0.1, 0.15) is 11.4 Å². The molecule has 2 nitrogen and oxygen atoms in total. The van der Waals surface area contributed by atoms with E-state index in [1.54, 1.807) is 0 Å². The number of thioether (sulfide) groups is 2. The van der Waals surface area contributed by atoms with Gasteiger partial charge in [-0.05, 0) is 49.7 Å². The molecule has 0 heterocycles. The summed E-state index contributed by atoms with van der Waals surface area (Å²) in [5, 5.41) is 12.0. The van der Waals surface area contributed by atoms with E-state index in [4.69, 9.17) is 10.8 Å². The average Bonchev–Trinajstić information content (AvgIpc) is 2.39. The minimum Gasteiger partial charge on any atom is -0.261 e. The molecule has 0 rings (SSSR count). The molecule has 0 fully saturated rings. The van der Waals surface area contributed by atoms with Crippen LogP contribution in [0.5, 0.6) is 0 Å². The highest BCUT2D eigenvalue weighted by Crippen LogP contribution is 2.08. The molecule has 0 atom stereocenters. The lowest BCUT2D eigenvalue weighted by Crippen LogP contribution is -2.40. The first-order chi connectivity index (χ1) is 9.20. The quantitative estimate of drug-likeness (QED) is 0.378. The number of hydrogen-bond donors (Lipinski definition) is 2. The minimum atomic E-state index is 1.10. The van der Waals surface area contributed by atoms with Gasteiger partial charge in [0.15, 0.2) is 0 Å². The van der Waals surface area contributed by atoms with Gasteiger partial charge in [-0.15, -0.1) is 0 Å². The summed E-state index contributed by atoms with van der Waals surface area (Å²) >= 11 is 3.80. The van der Waals surface area contributed by atoms with E-state index >= 15 is 0 Å². The van der Waals surface area contributed by atoms with Gasteiger partial charge >= 0.3 is 0 Å². The van der Waals surface area contributed by atoms with Crippen molar-refractivity contribution in [2.24, 2.45) is 0 Å². The van der Waals surface area contributed by atoms with Crippen molar-refractivity contribution < 1.29 is 10.8 Å². The predicted octanol–water partition coefficient (Wildman–Crippen LogP) is 1.62. The summed E-state index contributed by atoms with van der Waals surface area (Å²) in [6, 6.07) is 0. The Morgan fingerprint density at radius 3 is 1.37 bits per heavy atom. The molecule has 0 amide bonds. The van der Waals surface area contributed by atoms with Crippen molar-refractivity contribution in [2.45, 2.75) is 57.8 Å². The Morgan fingerprint density at radius 2 is 1.00 bits per heavy atom. The van der Waals surface area contributed by atoms with E-state index in [0.717, 1.165) is 25.7 Å². The highest BCUT2D eigenvalue weighted by Gasteiger charge is 2.05. The van der Waals surface area contributed by atoms with Crippen molar-refractivity contribution in [1.82, 2.24) is 0 Å². The Labute approximate surface area is 127 Å². The van der Waals surface area contributed by atoms with Crippen LogP contribution in [0.15, 0.2) is 0 Å². The Bertz CT molecular complexity index is 218. The Hall–Kier alpha value is 0.0400. The second-order valence-corrected chi connectivity index (χ2v) is 7.04. The fraction of sp³-hybridized carbons (Fsp3) is 0.867. The molecular weight excluding hydrogens is 272 g/mol. The average molecular weight is 305 g/mol. The molecule has 0 unspecified atom stereocenters. The van der Waals surface area contributed by atoms with Crippen molar-refractivity contribution >= 4 is 34.9 Å². The molecule has 112 valence electrons. The van der Waals surface area contributed by atoms with Gasteiger partial charge in [0, 0.05) is 25.7 Å². The second-order valence-electron chi connectivity index (χ2n) is 5.07. The fourth-order valence-electron chi connectivity index (χ4n) is 2.02. The number of nitrogens with two attached hydrogens (primary N) is 2. The molecule has 0 aromatic rings. The van der Waals surface area contributed by atoms with E-state index in [1.807, 2.05) is 23.5 Å². The topological polar surface area (TPSA) is 51.2 Å². The molecule has 0 saturated heterocycles.